The van der Waals surface area contributed by atoms with Crippen molar-refractivity contribution >= 4 is 17.1 Å². The predicted molar refractivity (Wildman–Crippen MR) is 319 cm³/mol. The van der Waals surface area contributed by atoms with E-state index in [0.29, 0.717) is 0 Å². The van der Waals surface area contributed by atoms with Crippen LogP contribution in [0.5, 0.6) is 0 Å². The van der Waals surface area contributed by atoms with Crippen molar-refractivity contribution in [3.8, 4) is 44.5 Å². The number of benzene rings is 12. The van der Waals surface area contributed by atoms with Crippen molar-refractivity contribution in [1.82, 2.24) is 0 Å². The Kier molecular flexibility index (Phi) is 10.2. The zero-order valence-corrected chi connectivity index (χ0v) is 42.8. The standard InChI is InChI=1S/C76H53N/c1-74(53-25-7-2-8-26-53)65-39-20-17-35-61(65)62-50-49-59(51-70(62)74)77(71-44-24-43-69-73(71)64-37-19-22-41-67(64)76(69,56-31-13-5-14-32-56)57-33-15-6-16-34-57)58-47-45-52(46-48-58)60-38-23-42-68-72(60)63-36-18-21-40-66(63)75(68,54-27-9-3-10-28-54)55-29-11-4-12-30-55/h2-51H,1H3. The highest BCUT2D eigenvalue weighted by Crippen LogP contribution is 2.62. The van der Waals surface area contributed by atoms with Gasteiger partial charge in [-0.3, -0.25) is 0 Å². The molecule has 15 rings (SSSR count). The number of hydrogen-bond donors (Lipinski definition) is 0. The first-order chi connectivity index (χ1) is 38.1. The van der Waals surface area contributed by atoms with Crippen molar-refractivity contribution in [1.29, 1.82) is 0 Å². The van der Waals surface area contributed by atoms with Crippen molar-refractivity contribution in [3.63, 3.8) is 0 Å². The summed E-state index contributed by atoms with van der Waals surface area (Å²) in [6, 6.07) is 113. The lowest BCUT2D eigenvalue weighted by Gasteiger charge is -2.34. The van der Waals surface area contributed by atoms with E-state index in [2.05, 4.69) is 315 Å². The fraction of sp³-hybridized carbons (Fsp3) is 0.0526. The monoisotopic (exact) mass is 979 g/mol. The Hall–Kier alpha value is -9.56. The molecule has 362 valence electrons. The Morgan fingerprint density at radius 1 is 0.247 bits per heavy atom. The molecule has 0 saturated carbocycles. The van der Waals surface area contributed by atoms with Gasteiger partial charge in [0, 0.05) is 22.4 Å². The van der Waals surface area contributed by atoms with Crippen LogP contribution in [0, 0.1) is 0 Å². The average Bonchev–Trinajstić information content (AvgIpc) is 4.17. The molecule has 1 unspecified atom stereocenters. The van der Waals surface area contributed by atoms with Crippen LogP contribution in [0.3, 0.4) is 0 Å². The summed E-state index contributed by atoms with van der Waals surface area (Å²) in [4.78, 5) is 2.54. The smallest absolute Gasteiger partial charge is 0.0714 e. The summed E-state index contributed by atoms with van der Waals surface area (Å²) >= 11 is 0. The quantitative estimate of drug-likeness (QED) is 0.139. The maximum Gasteiger partial charge on any atom is 0.0714 e. The van der Waals surface area contributed by atoms with Gasteiger partial charge in [0.1, 0.15) is 0 Å². The Labute approximate surface area is 451 Å². The van der Waals surface area contributed by atoms with Gasteiger partial charge in [-0.2, -0.15) is 0 Å². The molecule has 0 N–H and O–H groups in total. The molecule has 3 aliphatic rings. The fourth-order valence-electron chi connectivity index (χ4n) is 14.3. The first-order valence-electron chi connectivity index (χ1n) is 27.0. The summed E-state index contributed by atoms with van der Waals surface area (Å²) in [5.41, 5.74) is 26.1. The van der Waals surface area contributed by atoms with Gasteiger partial charge in [0.05, 0.1) is 16.5 Å². The summed E-state index contributed by atoms with van der Waals surface area (Å²) in [6.07, 6.45) is 0. The van der Waals surface area contributed by atoms with Crippen LogP contribution >= 0.6 is 0 Å². The van der Waals surface area contributed by atoms with E-state index in [4.69, 9.17) is 0 Å². The number of nitrogens with zero attached hydrogens (tertiary/aromatic N) is 1. The van der Waals surface area contributed by atoms with Gasteiger partial charge in [0.15, 0.2) is 0 Å². The van der Waals surface area contributed by atoms with Gasteiger partial charge in [-0.15, -0.1) is 0 Å². The molecule has 0 spiro atoms. The van der Waals surface area contributed by atoms with E-state index in [1.54, 1.807) is 0 Å². The average molecular weight is 980 g/mol. The molecule has 0 saturated heterocycles. The number of anilines is 3. The number of fused-ring (bicyclic) bond motifs is 9. The summed E-state index contributed by atoms with van der Waals surface area (Å²) in [7, 11) is 0. The Balaban J connectivity index is 0.965. The second kappa shape index (κ2) is 17.5. The molecule has 3 aliphatic carbocycles. The lowest BCUT2D eigenvalue weighted by Crippen LogP contribution is -2.28. The lowest BCUT2D eigenvalue weighted by molar-refractivity contribution is 0.714. The maximum absolute atomic E-state index is 2.54. The van der Waals surface area contributed by atoms with Gasteiger partial charge >= 0.3 is 0 Å². The summed E-state index contributed by atoms with van der Waals surface area (Å²) < 4.78 is 0. The Morgan fingerprint density at radius 2 is 0.623 bits per heavy atom. The largest absolute Gasteiger partial charge is 0.310 e. The summed E-state index contributed by atoms with van der Waals surface area (Å²) in [5, 5.41) is 0. The third-order valence-corrected chi connectivity index (χ3v) is 17.5. The van der Waals surface area contributed by atoms with E-state index < -0.39 is 10.8 Å². The van der Waals surface area contributed by atoms with Gasteiger partial charge in [-0.05, 0) is 137 Å². The molecule has 0 amide bonds. The molecular formula is C76H53N. The van der Waals surface area contributed by atoms with Crippen LogP contribution in [0.1, 0.15) is 68.1 Å². The van der Waals surface area contributed by atoms with Gasteiger partial charge in [-0.25, -0.2) is 0 Å². The molecule has 0 heterocycles. The minimum atomic E-state index is -0.551. The van der Waals surface area contributed by atoms with E-state index in [9.17, 15) is 0 Å². The SMILES string of the molecule is CC1(c2ccccc2)c2ccccc2-c2ccc(N(c3ccc(-c4cccc5c4-c4ccccc4C5(c4ccccc4)c4ccccc4)cc3)c3cccc4c3-c3ccccc3C4(c3ccccc3)c3ccccc3)cc21. The zero-order valence-electron chi connectivity index (χ0n) is 42.8. The molecule has 12 aromatic rings. The lowest BCUT2D eigenvalue weighted by atomic mass is 9.67. The first-order valence-corrected chi connectivity index (χ1v) is 27.0. The van der Waals surface area contributed by atoms with Gasteiger partial charge in [-0.1, -0.05) is 273 Å². The van der Waals surface area contributed by atoms with Crippen molar-refractivity contribution in [2.45, 2.75) is 23.2 Å². The zero-order chi connectivity index (χ0) is 51.1. The third kappa shape index (κ3) is 6.35. The van der Waals surface area contributed by atoms with Crippen molar-refractivity contribution in [2.24, 2.45) is 0 Å². The van der Waals surface area contributed by atoms with Crippen LogP contribution < -0.4 is 4.90 Å². The van der Waals surface area contributed by atoms with Crippen LogP contribution in [0.4, 0.5) is 17.1 Å². The van der Waals surface area contributed by atoms with Crippen LogP contribution in [0.25, 0.3) is 44.5 Å². The van der Waals surface area contributed by atoms with Crippen molar-refractivity contribution in [2.75, 3.05) is 4.90 Å². The van der Waals surface area contributed by atoms with Gasteiger partial charge in [0.2, 0.25) is 0 Å². The molecule has 1 heteroatoms. The van der Waals surface area contributed by atoms with E-state index in [1.807, 2.05) is 0 Å². The molecule has 77 heavy (non-hydrogen) atoms. The van der Waals surface area contributed by atoms with Crippen molar-refractivity contribution < 1.29 is 0 Å². The topological polar surface area (TPSA) is 3.24 Å². The number of hydrogen-bond acceptors (Lipinski definition) is 1. The second-order valence-corrected chi connectivity index (χ2v) is 21.1. The first kappa shape index (κ1) is 44.9. The van der Waals surface area contributed by atoms with Crippen molar-refractivity contribution in [3.05, 3.63) is 365 Å². The fourth-order valence-corrected chi connectivity index (χ4v) is 14.3. The Morgan fingerprint density at radius 3 is 1.16 bits per heavy atom. The van der Waals surface area contributed by atoms with E-state index in [-0.39, 0.29) is 5.41 Å². The molecule has 0 bridgehead atoms. The van der Waals surface area contributed by atoms with Crippen LogP contribution in [0.15, 0.2) is 303 Å². The van der Waals surface area contributed by atoms with Crippen LogP contribution in [0.2, 0.25) is 0 Å². The minimum Gasteiger partial charge on any atom is -0.310 e. The molecule has 0 fully saturated rings. The van der Waals surface area contributed by atoms with Gasteiger partial charge in [0.25, 0.3) is 0 Å². The normalized spacial score (nSPS) is 15.6. The molecule has 1 atom stereocenters. The molecule has 0 aromatic heterocycles. The van der Waals surface area contributed by atoms with E-state index >= 15 is 0 Å². The number of rotatable bonds is 9. The van der Waals surface area contributed by atoms with E-state index in [1.165, 1.54) is 106 Å². The second-order valence-electron chi connectivity index (χ2n) is 21.1. The highest BCUT2D eigenvalue weighted by molar-refractivity contribution is 6.00. The summed E-state index contributed by atoms with van der Waals surface area (Å²) in [5.74, 6) is 0. The highest BCUT2D eigenvalue weighted by Gasteiger charge is 2.49. The van der Waals surface area contributed by atoms with Crippen LogP contribution in [-0.4, -0.2) is 0 Å². The molecule has 12 aromatic carbocycles. The maximum atomic E-state index is 2.54. The molecule has 0 aliphatic heterocycles. The highest BCUT2D eigenvalue weighted by atomic mass is 15.1. The molecule has 0 radical (unpaired) electrons. The molecular weight excluding hydrogens is 927 g/mol. The van der Waals surface area contributed by atoms with Gasteiger partial charge < -0.3 is 4.90 Å². The van der Waals surface area contributed by atoms with Crippen LogP contribution in [-0.2, 0) is 16.2 Å². The predicted octanol–water partition coefficient (Wildman–Crippen LogP) is 18.9. The minimum absolute atomic E-state index is 0.377. The molecule has 1 nitrogen and oxygen atoms in total. The third-order valence-electron chi connectivity index (χ3n) is 17.5. The Bertz CT molecular complexity index is 4120. The van der Waals surface area contributed by atoms with E-state index in [0.717, 1.165) is 17.1 Å². The summed E-state index contributed by atoms with van der Waals surface area (Å²) in [6.45, 7) is 2.42.